The number of aromatic nitrogens is 3. The predicted molar refractivity (Wildman–Crippen MR) is 129 cm³/mol. The molecule has 0 saturated carbocycles. The van der Waals surface area contributed by atoms with Crippen molar-refractivity contribution in [1.82, 2.24) is 15.0 Å². The first-order chi connectivity index (χ1) is 15.0. The highest BCUT2D eigenvalue weighted by atomic mass is 32.2. The number of thioether (sulfide) groups is 1. The Morgan fingerprint density at radius 2 is 1.97 bits per heavy atom. The van der Waals surface area contributed by atoms with Gasteiger partial charge in [0.2, 0.25) is 11.9 Å². The van der Waals surface area contributed by atoms with Gasteiger partial charge in [0.25, 0.3) is 5.56 Å². The molecular weight excluding hydrogens is 428 g/mol. The fraction of sp³-hybridized carbons (Fsp3) is 0.182. The summed E-state index contributed by atoms with van der Waals surface area (Å²) < 4.78 is 2.06. The number of thiazole rings is 1. The normalized spacial score (nSPS) is 11.9. The topological polar surface area (TPSA) is 109 Å². The van der Waals surface area contributed by atoms with Crippen molar-refractivity contribution in [2.24, 2.45) is 10.7 Å². The molecule has 2 heterocycles. The number of H-pyrrole nitrogens is 1. The minimum atomic E-state index is -0.275. The van der Waals surface area contributed by atoms with Crippen molar-refractivity contribution in [2.45, 2.75) is 29.9 Å². The third kappa shape index (κ3) is 5.50. The number of rotatable bonds is 6. The van der Waals surface area contributed by atoms with Gasteiger partial charge in [0, 0.05) is 17.5 Å². The van der Waals surface area contributed by atoms with Crippen LogP contribution in [0.15, 0.2) is 68.7 Å². The lowest BCUT2D eigenvalue weighted by Crippen LogP contribution is -2.22. The van der Waals surface area contributed by atoms with Crippen LogP contribution in [-0.2, 0) is 5.75 Å². The van der Waals surface area contributed by atoms with Gasteiger partial charge in [-0.3, -0.25) is 9.78 Å². The second-order valence-electron chi connectivity index (χ2n) is 7.20. The summed E-state index contributed by atoms with van der Waals surface area (Å²) in [5.41, 5.74) is 9.37. The third-order valence-corrected chi connectivity index (χ3v) is 6.69. The number of aliphatic imine (C=N–C) groups is 1. The fourth-order valence-electron chi connectivity index (χ4n) is 2.91. The molecule has 0 unspecified atom stereocenters. The summed E-state index contributed by atoms with van der Waals surface area (Å²) in [5, 5.41) is 3.02. The smallest absolute Gasteiger partial charge is 0.252 e. The number of nitrogens with two attached hydrogens (primary N) is 1. The van der Waals surface area contributed by atoms with Crippen LogP contribution in [0, 0.1) is 0 Å². The molecule has 0 radical (unpaired) electrons. The predicted octanol–water partition coefficient (Wildman–Crippen LogP) is 4.85. The van der Waals surface area contributed by atoms with Crippen LogP contribution in [0.4, 0.5) is 11.6 Å². The van der Waals surface area contributed by atoms with E-state index in [1.807, 2.05) is 48.5 Å². The molecular formula is C22H22N6OS2. The third-order valence-electron chi connectivity index (χ3n) is 4.48. The van der Waals surface area contributed by atoms with Crippen molar-refractivity contribution in [3.63, 3.8) is 0 Å². The molecule has 7 nitrogen and oxygen atoms in total. The fourth-order valence-corrected chi connectivity index (χ4v) is 4.87. The average Bonchev–Trinajstić information content (AvgIpc) is 3.15. The van der Waals surface area contributed by atoms with Crippen LogP contribution in [0.2, 0.25) is 0 Å². The first kappa shape index (κ1) is 21.1. The number of guanidine groups is 1. The van der Waals surface area contributed by atoms with Crippen LogP contribution in [0.5, 0.6) is 0 Å². The molecule has 0 aliphatic heterocycles. The van der Waals surface area contributed by atoms with Crippen molar-refractivity contribution in [2.75, 3.05) is 5.32 Å². The van der Waals surface area contributed by atoms with E-state index in [2.05, 4.69) is 39.1 Å². The molecule has 0 aliphatic rings. The van der Waals surface area contributed by atoms with Crippen LogP contribution in [0.1, 0.15) is 31.0 Å². The van der Waals surface area contributed by atoms with Crippen LogP contribution in [-0.4, -0.2) is 20.9 Å². The van der Waals surface area contributed by atoms with E-state index in [0.717, 1.165) is 20.2 Å². The molecule has 2 aromatic carbocycles. The lowest BCUT2D eigenvalue weighted by Gasteiger charge is -2.08. The Morgan fingerprint density at radius 1 is 1.19 bits per heavy atom. The van der Waals surface area contributed by atoms with Gasteiger partial charge in [-0.05, 0) is 35.7 Å². The molecule has 0 atom stereocenters. The number of nitrogens with one attached hydrogen (secondary N) is 2. The lowest BCUT2D eigenvalue weighted by atomic mass is 10.0. The first-order valence-corrected chi connectivity index (χ1v) is 11.6. The monoisotopic (exact) mass is 450 g/mol. The maximum atomic E-state index is 12.1. The number of aromatic amines is 1. The van der Waals surface area contributed by atoms with E-state index >= 15 is 0 Å². The van der Waals surface area contributed by atoms with Crippen molar-refractivity contribution in [1.29, 1.82) is 0 Å². The lowest BCUT2D eigenvalue weighted by molar-refractivity contribution is 0.867. The zero-order valence-corrected chi connectivity index (χ0v) is 18.8. The Morgan fingerprint density at radius 3 is 2.71 bits per heavy atom. The first-order valence-electron chi connectivity index (χ1n) is 9.76. The molecule has 0 aliphatic carbocycles. The quantitative estimate of drug-likeness (QED) is 0.220. The second kappa shape index (κ2) is 9.32. The van der Waals surface area contributed by atoms with Crippen molar-refractivity contribution in [3.8, 4) is 0 Å². The maximum Gasteiger partial charge on any atom is 0.252 e. The molecule has 158 valence electrons. The largest absolute Gasteiger partial charge is 0.369 e. The van der Waals surface area contributed by atoms with Crippen LogP contribution in [0.25, 0.3) is 10.2 Å². The van der Waals surface area contributed by atoms with Gasteiger partial charge < -0.3 is 11.1 Å². The van der Waals surface area contributed by atoms with Gasteiger partial charge in [-0.15, -0.1) is 11.3 Å². The summed E-state index contributed by atoms with van der Waals surface area (Å²) in [4.78, 5) is 27.9. The highest BCUT2D eigenvalue weighted by Crippen LogP contribution is 2.31. The highest BCUT2D eigenvalue weighted by molar-refractivity contribution is 8.00. The molecule has 9 heteroatoms. The zero-order valence-electron chi connectivity index (χ0n) is 17.1. The summed E-state index contributed by atoms with van der Waals surface area (Å²) in [7, 11) is 0. The summed E-state index contributed by atoms with van der Waals surface area (Å²) in [6.45, 7) is 4.28. The standard InChI is InChI=1S/C22H22N6OS2/c1-13(2)14-7-9-15(10-8-14)24-20(23)28-21-25-16(11-19(29)27-21)12-30-22-26-17-5-3-4-6-18(17)31-22/h3-11,13H,12H2,1-2H3,(H4,23,24,25,27,28,29). The second-order valence-corrected chi connectivity index (χ2v) is 9.45. The molecule has 2 aromatic heterocycles. The Labute approximate surface area is 187 Å². The Balaban J connectivity index is 1.45. The Bertz CT molecular complexity index is 1240. The van der Waals surface area contributed by atoms with Crippen molar-refractivity contribution < 1.29 is 0 Å². The Kier molecular flexibility index (Phi) is 6.34. The Hall–Kier alpha value is -3.17. The van der Waals surface area contributed by atoms with Gasteiger partial charge in [0.1, 0.15) is 0 Å². The van der Waals surface area contributed by atoms with Crippen LogP contribution < -0.4 is 16.6 Å². The molecule has 0 spiro atoms. The van der Waals surface area contributed by atoms with Gasteiger partial charge in [-0.1, -0.05) is 49.9 Å². The maximum absolute atomic E-state index is 12.1. The van der Waals surface area contributed by atoms with Gasteiger partial charge in [0.05, 0.1) is 15.9 Å². The number of fused-ring (bicyclic) bond motifs is 1. The van der Waals surface area contributed by atoms with Crippen molar-refractivity contribution in [3.05, 3.63) is 76.2 Å². The van der Waals surface area contributed by atoms with E-state index in [1.165, 1.54) is 23.4 Å². The zero-order chi connectivity index (χ0) is 21.8. The van der Waals surface area contributed by atoms with E-state index in [1.54, 1.807) is 11.3 Å². The summed E-state index contributed by atoms with van der Waals surface area (Å²) in [6.07, 6.45) is 0. The molecule has 0 saturated heterocycles. The van der Waals surface area contributed by atoms with Crippen molar-refractivity contribution >= 4 is 50.9 Å². The molecule has 0 amide bonds. The number of nitrogens with zero attached hydrogens (tertiary/aromatic N) is 3. The number of para-hydroxylation sites is 1. The van der Waals surface area contributed by atoms with Crippen LogP contribution in [0.3, 0.4) is 0 Å². The van der Waals surface area contributed by atoms with E-state index in [0.29, 0.717) is 17.4 Å². The van der Waals surface area contributed by atoms with E-state index < -0.39 is 0 Å². The number of anilines is 1. The molecule has 0 bridgehead atoms. The highest BCUT2D eigenvalue weighted by Gasteiger charge is 2.07. The summed E-state index contributed by atoms with van der Waals surface area (Å²) >= 11 is 3.16. The average molecular weight is 451 g/mol. The van der Waals surface area contributed by atoms with E-state index in [9.17, 15) is 4.79 Å². The summed E-state index contributed by atoms with van der Waals surface area (Å²) in [6, 6.07) is 17.4. The number of hydrogen-bond acceptors (Lipinski definition) is 6. The SMILES string of the molecule is CC(C)c1ccc(NC(N)=Nc2nc(CSc3nc4ccccc4s3)cc(=O)[nH]2)cc1. The molecule has 4 N–H and O–H groups in total. The van der Waals surface area contributed by atoms with E-state index in [-0.39, 0.29) is 17.5 Å². The molecule has 4 rings (SSSR count). The van der Waals surface area contributed by atoms with Crippen LogP contribution >= 0.6 is 23.1 Å². The molecule has 4 aromatic rings. The number of hydrogen-bond donors (Lipinski definition) is 3. The van der Waals surface area contributed by atoms with Gasteiger partial charge in [-0.25, -0.2) is 9.97 Å². The van der Waals surface area contributed by atoms with Gasteiger partial charge in [-0.2, -0.15) is 4.99 Å². The van der Waals surface area contributed by atoms with Gasteiger partial charge >= 0.3 is 0 Å². The molecule has 31 heavy (non-hydrogen) atoms. The minimum Gasteiger partial charge on any atom is -0.369 e. The minimum absolute atomic E-state index is 0.149. The van der Waals surface area contributed by atoms with E-state index in [4.69, 9.17) is 5.73 Å². The molecule has 0 fully saturated rings. The van der Waals surface area contributed by atoms with Gasteiger partial charge in [0.15, 0.2) is 4.34 Å². The number of benzene rings is 2. The summed E-state index contributed by atoms with van der Waals surface area (Å²) in [5.74, 6) is 1.28.